The van der Waals surface area contributed by atoms with Crippen molar-refractivity contribution in [1.82, 2.24) is 29.9 Å². The minimum atomic E-state index is -0.590. The fourth-order valence-corrected chi connectivity index (χ4v) is 7.55. The van der Waals surface area contributed by atoms with Crippen LogP contribution in [0.3, 0.4) is 0 Å². The third kappa shape index (κ3) is 15.3. The van der Waals surface area contributed by atoms with Crippen LogP contribution < -0.4 is 118 Å². The summed E-state index contributed by atoms with van der Waals surface area (Å²) >= 11 is 17.5. The Morgan fingerprint density at radius 1 is 0.814 bits per heavy atom. The smallest absolute Gasteiger partial charge is 1.00 e. The first-order valence-corrected chi connectivity index (χ1v) is 19.4. The van der Waals surface area contributed by atoms with E-state index < -0.39 is 23.1 Å². The van der Waals surface area contributed by atoms with Crippen LogP contribution >= 0.6 is 34.8 Å². The molecule has 0 atom stereocenters. The van der Waals surface area contributed by atoms with Gasteiger partial charge in [-0.25, -0.2) is 29.3 Å². The molecule has 310 valence electrons. The van der Waals surface area contributed by atoms with E-state index in [-0.39, 0.29) is 137 Å². The zero-order valence-corrected chi connectivity index (χ0v) is 43.1. The summed E-state index contributed by atoms with van der Waals surface area (Å²) < 4.78 is 23.5. The molecule has 4 aromatic rings. The molecule has 0 unspecified atom stereocenters. The van der Waals surface area contributed by atoms with Gasteiger partial charge in [-0.2, -0.15) is 5.10 Å². The minimum Gasteiger partial charge on any atom is -1.00 e. The molecule has 0 aliphatic heterocycles. The Kier molecular flexibility index (Phi) is 19.9. The topological polar surface area (TPSA) is 193 Å². The van der Waals surface area contributed by atoms with Crippen molar-refractivity contribution < 1.29 is 148 Å². The number of nitrogens with zero attached hydrogens (tertiary/aromatic N) is 5. The maximum Gasteiger partial charge on any atom is 1.00 e. The number of hydrogen-bond donors (Lipinski definition) is 1. The molecular weight excluding hydrogens is 881 g/mol. The Labute approximate surface area is 444 Å². The molecule has 20 heteroatoms. The van der Waals surface area contributed by atoms with Crippen LogP contribution in [0.4, 0.5) is 0 Å². The van der Waals surface area contributed by atoms with Crippen LogP contribution in [0.1, 0.15) is 102 Å². The first-order chi connectivity index (χ1) is 26.8. The van der Waals surface area contributed by atoms with Crippen molar-refractivity contribution >= 4 is 53.2 Å². The largest absolute Gasteiger partial charge is 1.00 e. The van der Waals surface area contributed by atoms with E-state index in [1.54, 1.807) is 70.8 Å². The SMILES string of the molecule is CC(C)(C)OC(=O)c1ccc(-n2ccc(OCC34CC(C3)C4)n2)nc1Cl.CC(C)(C)OC(=O)c1ccc(Cl)nc1Cl.O=CO[O-].[H-].[K+].[K+].c1cc(OCC23CC(C2)C3)[nH]n1. The summed E-state index contributed by atoms with van der Waals surface area (Å²) in [7, 11) is 0. The van der Waals surface area contributed by atoms with Gasteiger partial charge < -0.3 is 30.5 Å². The van der Waals surface area contributed by atoms with Gasteiger partial charge in [0.15, 0.2) is 5.82 Å². The first-order valence-electron chi connectivity index (χ1n) is 18.3. The maximum atomic E-state index is 12.2. The third-order valence-electron chi connectivity index (χ3n) is 9.59. The van der Waals surface area contributed by atoms with Crippen LogP contribution in [0.5, 0.6) is 11.8 Å². The molecule has 6 saturated carbocycles. The molecule has 6 aliphatic carbocycles. The van der Waals surface area contributed by atoms with E-state index in [1.165, 1.54) is 50.7 Å². The molecule has 4 heterocycles. The second-order valence-corrected chi connectivity index (χ2v) is 17.8. The van der Waals surface area contributed by atoms with E-state index in [2.05, 4.69) is 30.2 Å². The Balaban J connectivity index is 0.000000311. The van der Waals surface area contributed by atoms with Gasteiger partial charge in [0.1, 0.15) is 26.7 Å². The molecule has 0 radical (unpaired) electrons. The van der Waals surface area contributed by atoms with Crippen molar-refractivity contribution in [1.29, 1.82) is 0 Å². The summed E-state index contributed by atoms with van der Waals surface area (Å²) in [5.74, 6) is 2.87. The zero-order chi connectivity index (χ0) is 41.6. The standard InChI is InChI=1S/C19H22ClN3O3.C10H11Cl2NO2.C9H12N2O.CH2O3.2K.H/c1-18(2,3)26-17(24)13-4-5-14(21-16(13)20)23-7-6-15(22-23)25-11-19-8-12(9-19)10-19;1-10(2,3)15-9(14)6-4-5-7(11)13-8(6)12;1-2-10-11-8(1)12-6-9-3-7(4-9)5-9;2-1-4-3;;;/h4-7,12H,8-11H2,1-3H3;4-5H,1-3H3;1-2,7H,3-6H2,(H,10,11);1,3H;;;/q;;;;2*+1;-1/p-1. The Morgan fingerprint density at radius 3 is 1.71 bits per heavy atom. The van der Waals surface area contributed by atoms with E-state index in [1.807, 2.05) is 12.1 Å². The average Bonchev–Trinajstić information content (AvgIpc) is 3.74. The molecule has 4 aromatic heterocycles. The Morgan fingerprint density at radius 2 is 1.31 bits per heavy atom. The molecule has 0 saturated heterocycles. The third-order valence-corrected chi connectivity index (χ3v) is 10.4. The van der Waals surface area contributed by atoms with Crippen LogP contribution in [0.15, 0.2) is 48.8 Å². The van der Waals surface area contributed by atoms with Crippen LogP contribution in [-0.4, -0.2) is 72.8 Å². The molecule has 1 N–H and O–H groups in total. The van der Waals surface area contributed by atoms with Crippen molar-refractivity contribution in [2.45, 2.75) is 91.3 Å². The summed E-state index contributed by atoms with van der Waals surface area (Å²) in [6, 6.07) is 9.94. The van der Waals surface area contributed by atoms with Gasteiger partial charge in [-0.05, 0) is 116 Å². The van der Waals surface area contributed by atoms with Crippen molar-refractivity contribution in [2.24, 2.45) is 22.7 Å². The molecule has 0 aromatic carbocycles. The number of aromatic amines is 1. The number of ether oxygens (including phenoxy) is 4. The van der Waals surface area contributed by atoms with Gasteiger partial charge in [-0.15, -0.1) is 5.10 Å². The predicted molar refractivity (Wildman–Crippen MR) is 208 cm³/mol. The molecule has 4 bridgehead atoms. The number of H-pyrrole nitrogens is 1. The van der Waals surface area contributed by atoms with Crippen molar-refractivity contribution in [3.63, 3.8) is 0 Å². The van der Waals surface area contributed by atoms with Gasteiger partial charge >= 0.3 is 115 Å². The number of halogens is 3. The van der Waals surface area contributed by atoms with Gasteiger partial charge in [-0.1, -0.05) is 34.8 Å². The Hall–Kier alpha value is -1.17. The normalized spacial score (nSPS) is 21.2. The second-order valence-electron chi connectivity index (χ2n) is 16.7. The van der Waals surface area contributed by atoms with Crippen LogP contribution in [0, 0.1) is 22.7 Å². The number of nitrogens with one attached hydrogen (secondary N) is 1. The fourth-order valence-electron chi connectivity index (χ4n) is 6.90. The summed E-state index contributed by atoms with van der Waals surface area (Å²) in [5.41, 5.74) is 0.280. The number of esters is 2. The number of carbonyl (C=O) groups excluding carboxylic acids is 3. The molecule has 15 nitrogen and oxygen atoms in total. The first kappa shape index (κ1) is 52.2. The van der Waals surface area contributed by atoms with Crippen molar-refractivity contribution in [2.75, 3.05) is 13.2 Å². The monoisotopic (exact) mass is 926 g/mol. The second kappa shape index (κ2) is 22.5. The molecule has 59 heavy (non-hydrogen) atoms. The van der Waals surface area contributed by atoms with Gasteiger partial charge in [0.2, 0.25) is 11.8 Å². The molecule has 6 fully saturated rings. The summed E-state index contributed by atoms with van der Waals surface area (Å²) in [6.07, 6.45) is 11.5. The molecule has 0 spiro atoms. The van der Waals surface area contributed by atoms with Crippen molar-refractivity contribution in [3.8, 4) is 17.6 Å². The van der Waals surface area contributed by atoms with Crippen LogP contribution in [0.2, 0.25) is 15.5 Å². The number of pyridine rings is 2. The number of hydrogen-bond acceptors (Lipinski definition) is 13. The summed E-state index contributed by atoms with van der Waals surface area (Å²) in [4.78, 5) is 43.0. The maximum absolute atomic E-state index is 12.2. The molecular formula is C39H47Cl3K2N6O9. The van der Waals surface area contributed by atoms with Crippen LogP contribution in [0.25, 0.3) is 5.82 Å². The van der Waals surface area contributed by atoms with Gasteiger partial charge in [0, 0.05) is 29.2 Å². The number of rotatable bonds is 10. The van der Waals surface area contributed by atoms with E-state index in [0.717, 1.165) is 30.9 Å². The van der Waals surface area contributed by atoms with E-state index in [9.17, 15) is 9.59 Å². The molecule has 10 rings (SSSR count). The summed E-state index contributed by atoms with van der Waals surface area (Å²) in [5, 5.41) is 19.8. The summed E-state index contributed by atoms with van der Waals surface area (Å²) in [6.45, 7) is 12.2. The Bertz CT molecular complexity index is 2000. The van der Waals surface area contributed by atoms with Gasteiger partial charge in [0.25, 0.3) is 6.47 Å². The van der Waals surface area contributed by atoms with Crippen LogP contribution in [-0.2, 0) is 19.2 Å². The van der Waals surface area contributed by atoms with E-state index in [4.69, 9.17) is 63.8 Å². The average molecular weight is 928 g/mol. The quantitative estimate of drug-likeness (QED) is 0.0603. The predicted octanol–water partition coefficient (Wildman–Crippen LogP) is 1.54. The zero-order valence-electron chi connectivity index (χ0n) is 35.6. The van der Waals surface area contributed by atoms with E-state index in [0.29, 0.717) is 22.5 Å². The number of aromatic nitrogens is 6. The van der Waals surface area contributed by atoms with Crippen molar-refractivity contribution in [3.05, 3.63) is 75.4 Å². The molecule has 0 amide bonds. The van der Waals surface area contributed by atoms with E-state index >= 15 is 0 Å². The van der Waals surface area contributed by atoms with Gasteiger partial charge in [-0.3, -0.25) is 4.79 Å². The minimum absolute atomic E-state index is 0. The van der Waals surface area contributed by atoms with Gasteiger partial charge in [0.05, 0.1) is 30.5 Å². The number of carbonyl (C=O) groups is 3. The fraction of sp³-hybridized carbons (Fsp3) is 0.513. The molecule has 6 aliphatic rings.